The van der Waals surface area contributed by atoms with Crippen LogP contribution in [0.1, 0.15) is 71.1 Å². The van der Waals surface area contributed by atoms with Crippen LogP contribution in [0.4, 0.5) is 0 Å². The van der Waals surface area contributed by atoms with Crippen molar-refractivity contribution in [1.29, 1.82) is 0 Å². The highest BCUT2D eigenvalue weighted by Crippen LogP contribution is 2.50. The molecule has 6 heterocycles. The summed E-state index contributed by atoms with van der Waals surface area (Å²) in [7, 11) is 0. The molecule has 7 nitrogen and oxygen atoms in total. The van der Waals surface area contributed by atoms with Crippen molar-refractivity contribution in [2.45, 2.75) is 120 Å². The van der Waals surface area contributed by atoms with Gasteiger partial charge in [0.25, 0.3) is 0 Å². The molecule has 0 N–H and O–H groups in total. The summed E-state index contributed by atoms with van der Waals surface area (Å²) in [6, 6.07) is 0. The molecule has 10 atom stereocenters. The fourth-order valence-electron chi connectivity index (χ4n) is 7.10. The van der Waals surface area contributed by atoms with Crippen molar-refractivity contribution in [3.8, 4) is 0 Å². The standard InChI is InChI=1S/C27H40O7/c1-16-11-20(30-14-16)5-8-27-9-6-23(33-27)24-17(2)25(34-27)26-22(32-24)4-3-21(31-26)13-19(28)12-18-7-10-29-15-18/h17-18,20-26H,1,3-15H2,2H3/t17?,18-,20?,21?,22?,23-,24?,25?,26?,27-/m0/s1. The molecule has 0 aromatic rings. The van der Waals surface area contributed by atoms with E-state index in [0.29, 0.717) is 37.8 Å². The molecule has 0 amide bonds. The summed E-state index contributed by atoms with van der Waals surface area (Å²) >= 11 is 0. The lowest BCUT2D eigenvalue weighted by Crippen LogP contribution is -2.60. The Bertz CT molecular complexity index is 779. The van der Waals surface area contributed by atoms with Crippen molar-refractivity contribution in [2.24, 2.45) is 11.8 Å². The number of hydrogen-bond donors (Lipinski definition) is 0. The Morgan fingerprint density at radius 1 is 1.00 bits per heavy atom. The zero-order valence-corrected chi connectivity index (χ0v) is 20.5. The summed E-state index contributed by atoms with van der Waals surface area (Å²) < 4.78 is 38.0. The first-order chi connectivity index (χ1) is 16.5. The maximum Gasteiger partial charge on any atom is 0.169 e. The number of fused-ring (bicyclic) bond motifs is 7. The van der Waals surface area contributed by atoms with Gasteiger partial charge in [0, 0.05) is 44.8 Å². The Morgan fingerprint density at radius 3 is 2.71 bits per heavy atom. The average Bonchev–Trinajstić information content (AvgIpc) is 3.56. The van der Waals surface area contributed by atoms with Gasteiger partial charge < -0.3 is 28.4 Å². The fourth-order valence-corrected chi connectivity index (χ4v) is 7.10. The molecule has 6 fully saturated rings. The Hall–Kier alpha value is -0.830. The van der Waals surface area contributed by atoms with Crippen molar-refractivity contribution in [2.75, 3.05) is 19.8 Å². The smallest absolute Gasteiger partial charge is 0.169 e. The van der Waals surface area contributed by atoms with Crippen molar-refractivity contribution in [3.05, 3.63) is 12.2 Å². The summed E-state index contributed by atoms with van der Waals surface area (Å²) in [5.41, 5.74) is 1.17. The molecular formula is C27H40O7. The van der Waals surface area contributed by atoms with Crippen molar-refractivity contribution in [3.63, 3.8) is 0 Å². The van der Waals surface area contributed by atoms with Crippen LogP contribution in [0.3, 0.4) is 0 Å². The van der Waals surface area contributed by atoms with Gasteiger partial charge in [0.2, 0.25) is 0 Å². The largest absolute Gasteiger partial charge is 0.381 e. The molecule has 7 unspecified atom stereocenters. The van der Waals surface area contributed by atoms with Gasteiger partial charge in [-0.2, -0.15) is 0 Å². The number of ketones is 1. The van der Waals surface area contributed by atoms with Crippen molar-refractivity contribution >= 4 is 5.78 Å². The second-order valence-corrected chi connectivity index (χ2v) is 11.6. The highest BCUT2D eigenvalue weighted by atomic mass is 16.7. The van der Waals surface area contributed by atoms with Gasteiger partial charge in [-0.05, 0) is 50.0 Å². The van der Waals surface area contributed by atoms with Crippen LogP contribution in [-0.4, -0.2) is 74.1 Å². The first-order valence-electron chi connectivity index (χ1n) is 13.5. The molecule has 34 heavy (non-hydrogen) atoms. The summed E-state index contributed by atoms with van der Waals surface area (Å²) in [6.07, 6.45) is 8.46. The van der Waals surface area contributed by atoms with Crippen LogP contribution >= 0.6 is 0 Å². The number of hydrogen-bond acceptors (Lipinski definition) is 7. The number of Topliss-reactive ketones (excluding diaryl/α,β-unsaturated/α-hetero) is 1. The van der Waals surface area contributed by atoms with Gasteiger partial charge in [0.05, 0.1) is 43.2 Å². The first kappa shape index (κ1) is 23.6. The highest BCUT2D eigenvalue weighted by molar-refractivity contribution is 5.79. The van der Waals surface area contributed by atoms with Crippen molar-refractivity contribution in [1.82, 2.24) is 0 Å². The average molecular weight is 477 g/mol. The van der Waals surface area contributed by atoms with Crippen LogP contribution in [-0.2, 0) is 33.2 Å². The molecule has 0 radical (unpaired) electrons. The van der Waals surface area contributed by atoms with Crippen molar-refractivity contribution < 1.29 is 33.2 Å². The topological polar surface area (TPSA) is 72.5 Å². The molecule has 0 aromatic carbocycles. The molecule has 4 bridgehead atoms. The second kappa shape index (κ2) is 9.56. The minimum Gasteiger partial charge on any atom is -0.381 e. The van der Waals surface area contributed by atoms with Gasteiger partial charge in [-0.1, -0.05) is 13.5 Å². The van der Waals surface area contributed by atoms with Gasteiger partial charge in [0.1, 0.15) is 11.9 Å². The molecule has 190 valence electrons. The molecule has 6 saturated heterocycles. The Kier molecular flexibility index (Phi) is 6.63. The Balaban J connectivity index is 1.12. The van der Waals surface area contributed by atoms with Crippen LogP contribution in [0, 0.1) is 11.8 Å². The Morgan fingerprint density at radius 2 is 1.91 bits per heavy atom. The van der Waals surface area contributed by atoms with Gasteiger partial charge in [-0.15, -0.1) is 0 Å². The zero-order chi connectivity index (χ0) is 23.3. The molecule has 0 aromatic heterocycles. The maximum atomic E-state index is 12.7. The number of rotatable bonds is 7. The molecule has 0 saturated carbocycles. The molecule has 7 heteroatoms. The van der Waals surface area contributed by atoms with Gasteiger partial charge in [-0.3, -0.25) is 4.79 Å². The molecule has 0 spiro atoms. The summed E-state index contributed by atoms with van der Waals surface area (Å²) in [6.45, 7) is 8.44. The number of ether oxygens (including phenoxy) is 6. The quantitative estimate of drug-likeness (QED) is 0.519. The summed E-state index contributed by atoms with van der Waals surface area (Å²) in [5, 5.41) is 0. The van der Waals surface area contributed by atoms with E-state index < -0.39 is 5.79 Å². The first-order valence-corrected chi connectivity index (χ1v) is 13.5. The van der Waals surface area contributed by atoms with E-state index in [-0.39, 0.29) is 48.6 Å². The lowest BCUT2D eigenvalue weighted by Gasteiger charge is -2.50. The van der Waals surface area contributed by atoms with E-state index in [9.17, 15) is 4.79 Å². The third-order valence-electron chi connectivity index (χ3n) is 8.96. The predicted octanol–water partition coefficient (Wildman–Crippen LogP) is 3.72. The van der Waals surface area contributed by atoms with E-state index in [1.165, 1.54) is 5.57 Å². The van der Waals surface area contributed by atoms with Gasteiger partial charge in [-0.25, -0.2) is 0 Å². The second-order valence-electron chi connectivity index (χ2n) is 11.6. The third kappa shape index (κ3) is 4.64. The van der Waals surface area contributed by atoms with Crippen LogP contribution in [0.2, 0.25) is 0 Å². The molecule has 6 aliphatic heterocycles. The number of carbonyl (C=O) groups is 1. The minimum atomic E-state index is -0.585. The van der Waals surface area contributed by atoms with Gasteiger partial charge >= 0.3 is 0 Å². The lowest BCUT2D eigenvalue weighted by atomic mass is 9.80. The zero-order valence-electron chi connectivity index (χ0n) is 20.5. The van der Waals surface area contributed by atoms with Crippen LogP contribution in [0.25, 0.3) is 0 Å². The van der Waals surface area contributed by atoms with E-state index in [4.69, 9.17) is 28.4 Å². The number of carbonyl (C=O) groups excluding carboxylic acids is 1. The molecule has 6 aliphatic rings. The van der Waals surface area contributed by atoms with Crippen LogP contribution in [0.5, 0.6) is 0 Å². The molecular weight excluding hydrogens is 436 g/mol. The van der Waals surface area contributed by atoms with E-state index in [0.717, 1.165) is 58.0 Å². The van der Waals surface area contributed by atoms with Crippen LogP contribution < -0.4 is 0 Å². The van der Waals surface area contributed by atoms with E-state index >= 15 is 0 Å². The normalized spacial score (nSPS) is 48.0. The molecule has 6 rings (SSSR count). The minimum absolute atomic E-state index is 0.0160. The highest BCUT2D eigenvalue weighted by Gasteiger charge is 2.59. The maximum absolute atomic E-state index is 12.7. The molecule has 0 aliphatic carbocycles. The summed E-state index contributed by atoms with van der Waals surface area (Å²) in [5.74, 6) is 0.279. The van der Waals surface area contributed by atoms with Gasteiger partial charge in [0.15, 0.2) is 5.79 Å². The lowest BCUT2D eigenvalue weighted by molar-refractivity contribution is -0.288. The predicted molar refractivity (Wildman–Crippen MR) is 123 cm³/mol. The van der Waals surface area contributed by atoms with Crippen LogP contribution in [0.15, 0.2) is 12.2 Å². The monoisotopic (exact) mass is 476 g/mol. The third-order valence-corrected chi connectivity index (χ3v) is 8.96. The SMILES string of the molecule is C=C1COC(CC[C@]23CC[C@H](O2)C2OC4CCC(CC(=O)C[C@@H]5CCOC5)OC4C(O3)C2C)C1. The van der Waals surface area contributed by atoms with E-state index in [1.807, 2.05) is 0 Å². The Labute approximate surface area is 202 Å². The van der Waals surface area contributed by atoms with E-state index in [2.05, 4.69) is 13.5 Å². The fraction of sp³-hybridized carbons (Fsp3) is 0.889. The summed E-state index contributed by atoms with van der Waals surface area (Å²) in [4.78, 5) is 12.7. The van der Waals surface area contributed by atoms with E-state index in [1.54, 1.807) is 0 Å².